The van der Waals surface area contributed by atoms with Crippen molar-refractivity contribution in [2.24, 2.45) is 10.7 Å². The Labute approximate surface area is 145 Å². The molecule has 0 radical (unpaired) electrons. The summed E-state index contributed by atoms with van der Waals surface area (Å²) in [4.78, 5) is 4.06. The van der Waals surface area contributed by atoms with Gasteiger partial charge < -0.3 is 16.4 Å². The van der Waals surface area contributed by atoms with Crippen molar-refractivity contribution < 1.29 is 18.4 Å². The summed E-state index contributed by atoms with van der Waals surface area (Å²) in [6.07, 6.45) is -0.509. The fourth-order valence-electron chi connectivity index (χ4n) is 2.43. The summed E-state index contributed by atoms with van der Waals surface area (Å²) in [7, 11) is 0. The number of hydroxylamine groups is 1. The summed E-state index contributed by atoms with van der Waals surface area (Å²) in [5.41, 5.74) is 7.68. The third kappa shape index (κ3) is 3.21. The largest absolute Gasteiger partial charge is 0.362 e. The van der Waals surface area contributed by atoms with Crippen molar-refractivity contribution in [2.45, 2.75) is 6.17 Å². The number of fused-ring (bicyclic) bond motifs is 1. The Kier molecular flexibility index (Phi) is 4.71. The predicted molar refractivity (Wildman–Crippen MR) is 89.0 cm³/mol. The van der Waals surface area contributed by atoms with Gasteiger partial charge in [-0.2, -0.15) is 0 Å². The van der Waals surface area contributed by atoms with Gasteiger partial charge in [-0.1, -0.05) is 11.6 Å². The fourth-order valence-corrected chi connectivity index (χ4v) is 2.60. The lowest BCUT2D eigenvalue weighted by Crippen LogP contribution is -2.31. The van der Waals surface area contributed by atoms with E-state index in [1.807, 2.05) is 5.48 Å². The first-order valence-corrected chi connectivity index (χ1v) is 7.51. The topological polar surface area (TPSA) is 94.7 Å². The van der Waals surface area contributed by atoms with Gasteiger partial charge in [-0.25, -0.2) is 18.2 Å². The van der Waals surface area contributed by atoms with Crippen LogP contribution >= 0.6 is 11.6 Å². The van der Waals surface area contributed by atoms with Crippen molar-refractivity contribution in [2.75, 3.05) is 17.2 Å². The monoisotopic (exact) mass is 371 g/mol. The number of hydrogen-bond acceptors (Lipinski definition) is 5. The van der Waals surface area contributed by atoms with Crippen LogP contribution in [0.1, 0.15) is 5.56 Å². The van der Waals surface area contributed by atoms with Gasteiger partial charge >= 0.3 is 0 Å². The number of benzene rings is 2. The number of nitrogens with one attached hydrogen (secondary N) is 3. The molecule has 0 fully saturated rings. The Morgan fingerprint density at radius 3 is 2.56 bits per heavy atom. The molecule has 132 valence electrons. The summed E-state index contributed by atoms with van der Waals surface area (Å²) in [5, 5.41) is 14.8. The molecule has 6 nitrogen and oxygen atoms in total. The average molecular weight is 372 g/mol. The third-order valence-electron chi connectivity index (χ3n) is 3.60. The Morgan fingerprint density at radius 2 is 1.92 bits per heavy atom. The lowest BCUT2D eigenvalue weighted by atomic mass is 10.1. The Hall–Kier alpha value is -2.49. The summed E-state index contributed by atoms with van der Waals surface area (Å²) >= 11 is 5.69. The smallest absolute Gasteiger partial charge is 0.184 e. The van der Waals surface area contributed by atoms with Gasteiger partial charge in [0.25, 0.3) is 0 Å². The molecule has 1 heterocycles. The Morgan fingerprint density at radius 1 is 1.20 bits per heavy atom. The second kappa shape index (κ2) is 6.79. The molecule has 1 aliphatic rings. The second-order valence-corrected chi connectivity index (χ2v) is 5.62. The highest BCUT2D eigenvalue weighted by Crippen LogP contribution is 2.37. The molecule has 2 aromatic rings. The van der Waals surface area contributed by atoms with Crippen LogP contribution in [0.4, 0.5) is 30.2 Å². The number of anilines is 2. The number of halogens is 4. The number of nitrogens with two attached hydrogens (primary N) is 1. The van der Waals surface area contributed by atoms with Gasteiger partial charge in [-0.15, -0.1) is 0 Å². The molecule has 6 N–H and O–H groups in total. The van der Waals surface area contributed by atoms with Crippen LogP contribution in [0, 0.1) is 17.5 Å². The minimum absolute atomic E-state index is 0.0558. The molecule has 0 bridgehead atoms. The van der Waals surface area contributed by atoms with E-state index in [1.165, 1.54) is 12.1 Å². The first-order chi connectivity index (χ1) is 11.9. The van der Waals surface area contributed by atoms with E-state index < -0.39 is 23.6 Å². The first kappa shape index (κ1) is 17.3. The van der Waals surface area contributed by atoms with Crippen molar-refractivity contribution >= 4 is 34.5 Å². The van der Waals surface area contributed by atoms with Gasteiger partial charge in [0.1, 0.15) is 12.0 Å². The van der Waals surface area contributed by atoms with Crippen molar-refractivity contribution in [1.29, 1.82) is 0 Å². The molecule has 0 aliphatic carbocycles. The number of rotatable bonds is 3. The highest BCUT2D eigenvalue weighted by Gasteiger charge is 2.29. The molecule has 2 aromatic carbocycles. The summed E-state index contributed by atoms with van der Waals surface area (Å²) in [6.45, 7) is 0.113. The Bertz CT molecular complexity index is 862. The molecule has 1 aliphatic heterocycles. The molecular formula is C15H13ClF3N5O. The normalized spacial score (nSPS) is 16.2. The van der Waals surface area contributed by atoms with Crippen molar-refractivity contribution in [1.82, 2.24) is 5.48 Å². The maximum Gasteiger partial charge on any atom is 0.184 e. The zero-order valence-electron chi connectivity index (χ0n) is 12.6. The maximum atomic E-state index is 14.0. The van der Waals surface area contributed by atoms with Crippen molar-refractivity contribution in [3.05, 3.63) is 52.3 Å². The zero-order chi connectivity index (χ0) is 18.1. The quantitative estimate of drug-likeness (QED) is 0.325. The predicted octanol–water partition coefficient (Wildman–Crippen LogP) is 2.94. The van der Waals surface area contributed by atoms with Crippen LogP contribution in [-0.4, -0.2) is 23.8 Å². The molecule has 10 heteroatoms. The molecule has 0 aromatic heterocycles. The van der Waals surface area contributed by atoms with Crippen molar-refractivity contribution in [3.63, 3.8) is 0 Å². The van der Waals surface area contributed by atoms with Gasteiger partial charge in [0.05, 0.1) is 22.1 Å². The molecule has 0 saturated carbocycles. The highest BCUT2D eigenvalue weighted by atomic mass is 35.5. The number of aliphatic imine (C=N–C) groups is 1. The molecule has 1 unspecified atom stereocenters. The molecule has 0 spiro atoms. The summed E-state index contributed by atoms with van der Waals surface area (Å²) in [6, 6.07) is 4.50. The summed E-state index contributed by atoms with van der Waals surface area (Å²) in [5.74, 6) is -3.04. The van der Waals surface area contributed by atoms with Gasteiger partial charge in [0.15, 0.2) is 17.5 Å². The average Bonchev–Trinajstić information content (AvgIpc) is 3.04. The highest BCUT2D eigenvalue weighted by molar-refractivity contribution is 6.31. The van der Waals surface area contributed by atoms with Crippen LogP contribution in [0.3, 0.4) is 0 Å². The molecule has 3 rings (SSSR count). The van der Waals surface area contributed by atoms with E-state index in [2.05, 4.69) is 15.6 Å². The van der Waals surface area contributed by atoms with Crippen LogP contribution < -0.4 is 21.8 Å². The number of hydrogen-bond donors (Lipinski definition) is 5. The SMILES string of the molecule is NCC1Nc2c(C(=Nc3ccc(F)c(Cl)c3)NO)cc(F)c(F)c2N1. The van der Waals surface area contributed by atoms with E-state index in [1.54, 1.807) is 0 Å². The lowest BCUT2D eigenvalue weighted by Gasteiger charge is -2.12. The minimum atomic E-state index is -1.14. The third-order valence-corrected chi connectivity index (χ3v) is 3.89. The van der Waals surface area contributed by atoms with Crippen LogP contribution in [0.2, 0.25) is 5.02 Å². The Balaban J connectivity index is 2.11. The van der Waals surface area contributed by atoms with Gasteiger partial charge in [0.2, 0.25) is 0 Å². The molecule has 1 atom stereocenters. The maximum absolute atomic E-state index is 14.0. The van der Waals surface area contributed by atoms with E-state index in [0.29, 0.717) is 0 Å². The number of nitrogens with zero attached hydrogens (tertiary/aromatic N) is 1. The molecule has 0 saturated heterocycles. The van der Waals surface area contributed by atoms with E-state index in [9.17, 15) is 18.4 Å². The molecule has 0 amide bonds. The second-order valence-electron chi connectivity index (χ2n) is 5.22. The van der Waals surface area contributed by atoms with Crippen molar-refractivity contribution in [3.8, 4) is 0 Å². The van der Waals surface area contributed by atoms with E-state index in [0.717, 1.165) is 12.1 Å². The van der Waals surface area contributed by atoms with Gasteiger partial charge in [-0.3, -0.25) is 10.7 Å². The molecule has 25 heavy (non-hydrogen) atoms. The van der Waals surface area contributed by atoms with Crippen LogP contribution in [0.5, 0.6) is 0 Å². The zero-order valence-corrected chi connectivity index (χ0v) is 13.3. The molecular weight excluding hydrogens is 359 g/mol. The van der Waals surface area contributed by atoms with Crippen LogP contribution in [0.25, 0.3) is 0 Å². The first-order valence-electron chi connectivity index (χ1n) is 7.14. The van der Waals surface area contributed by atoms with Crippen LogP contribution in [-0.2, 0) is 0 Å². The fraction of sp³-hybridized carbons (Fsp3) is 0.133. The van der Waals surface area contributed by atoms with Gasteiger partial charge in [-0.05, 0) is 24.3 Å². The van der Waals surface area contributed by atoms with Crippen LogP contribution in [0.15, 0.2) is 29.3 Å². The lowest BCUT2D eigenvalue weighted by molar-refractivity contribution is 0.235. The standard InChI is InChI=1S/C15H13ClF3N5O/c16-8-3-6(1-2-9(8)17)21-15(24-25)7-4-10(18)12(19)14-13(7)22-11(5-20)23-14/h1-4,11,22-23,25H,5,20H2,(H,21,24). The van der Waals surface area contributed by atoms with Gasteiger partial charge in [0, 0.05) is 12.1 Å². The number of amidine groups is 1. The van der Waals surface area contributed by atoms with E-state index in [-0.39, 0.29) is 40.0 Å². The minimum Gasteiger partial charge on any atom is -0.362 e. The van der Waals surface area contributed by atoms with E-state index >= 15 is 0 Å². The summed E-state index contributed by atoms with van der Waals surface area (Å²) < 4.78 is 41.1. The van der Waals surface area contributed by atoms with E-state index in [4.69, 9.17) is 17.3 Å².